The van der Waals surface area contributed by atoms with Gasteiger partial charge in [0.25, 0.3) is 0 Å². The molecule has 12 heavy (non-hydrogen) atoms. The fourth-order valence-electron chi connectivity index (χ4n) is 1.24. The molecule has 1 aliphatic heterocycles. The lowest BCUT2D eigenvalue weighted by Crippen LogP contribution is -1.99. The van der Waals surface area contributed by atoms with Crippen LogP contribution in [-0.2, 0) is 0 Å². The maximum Gasteiger partial charge on any atom is 0.0489 e. The molecule has 0 radical (unpaired) electrons. The summed E-state index contributed by atoms with van der Waals surface area (Å²) in [6.07, 6.45) is 1.25. The Morgan fingerprint density at radius 3 is 3.25 bits per heavy atom. The zero-order chi connectivity index (χ0) is 8.39. The van der Waals surface area contributed by atoms with E-state index in [0.717, 1.165) is 11.0 Å². The van der Waals surface area contributed by atoms with Gasteiger partial charge in [0.1, 0.15) is 0 Å². The molecule has 1 nitrogen and oxygen atoms in total. The van der Waals surface area contributed by atoms with Crippen molar-refractivity contribution >= 4 is 33.4 Å². The second kappa shape index (κ2) is 3.71. The third kappa shape index (κ3) is 1.77. The summed E-state index contributed by atoms with van der Waals surface area (Å²) in [6.45, 7) is 1.09. The lowest BCUT2D eigenvalue weighted by Gasteiger charge is -2.06. The molecule has 1 aliphatic rings. The molecule has 0 atom stereocenters. The minimum atomic E-state index is 1.09. The highest BCUT2D eigenvalue weighted by Crippen LogP contribution is 2.32. The van der Waals surface area contributed by atoms with E-state index < -0.39 is 0 Å². The number of anilines is 1. The van der Waals surface area contributed by atoms with Crippen LogP contribution in [0.25, 0.3) is 0 Å². The van der Waals surface area contributed by atoms with Gasteiger partial charge in [-0.1, -0.05) is 15.9 Å². The molecule has 0 saturated carbocycles. The predicted molar refractivity (Wildman–Crippen MR) is 58.0 cm³/mol. The largest absolute Gasteiger partial charge is 0.384 e. The third-order valence-electron chi connectivity index (χ3n) is 1.84. The quantitative estimate of drug-likeness (QED) is 0.751. The highest BCUT2D eigenvalue weighted by Gasteiger charge is 2.06. The second-order valence-electron chi connectivity index (χ2n) is 2.77. The molecule has 0 unspecified atom stereocenters. The highest BCUT2D eigenvalue weighted by molar-refractivity contribution is 9.10. The maximum absolute atomic E-state index is 3.47. The molecule has 2 rings (SSSR count). The minimum Gasteiger partial charge on any atom is -0.384 e. The Balaban J connectivity index is 2.36. The number of nitrogens with one attached hydrogen (secondary N) is 1. The SMILES string of the molecule is Brc1ccc2c(c1)NCCCS2. The number of hydrogen-bond acceptors (Lipinski definition) is 2. The van der Waals surface area contributed by atoms with Crippen molar-refractivity contribution in [2.24, 2.45) is 0 Å². The lowest BCUT2D eigenvalue weighted by atomic mass is 10.3. The Morgan fingerprint density at radius 1 is 1.42 bits per heavy atom. The Kier molecular flexibility index (Phi) is 2.61. The first-order valence-electron chi connectivity index (χ1n) is 4.02. The van der Waals surface area contributed by atoms with Gasteiger partial charge in [0.15, 0.2) is 0 Å². The molecule has 0 aromatic heterocycles. The number of benzene rings is 1. The fourth-order valence-corrected chi connectivity index (χ4v) is 2.56. The summed E-state index contributed by atoms with van der Waals surface area (Å²) < 4.78 is 1.15. The third-order valence-corrected chi connectivity index (χ3v) is 3.49. The van der Waals surface area contributed by atoms with Crippen molar-refractivity contribution in [2.75, 3.05) is 17.6 Å². The fraction of sp³-hybridized carbons (Fsp3) is 0.333. The van der Waals surface area contributed by atoms with Crippen LogP contribution in [0.2, 0.25) is 0 Å². The first kappa shape index (κ1) is 8.45. The number of thioether (sulfide) groups is 1. The summed E-state index contributed by atoms with van der Waals surface area (Å²) in [5.41, 5.74) is 1.27. The van der Waals surface area contributed by atoms with Crippen molar-refractivity contribution in [3.63, 3.8) is 0 Å². The Bertz CT molecular complexity index is 288. The van der Waals surface area contributed by atoms with Gasteiger partial charge in [0, 0.05) is 21.6 Å². The molecule has 0 amide bonds. The van der Waals surface area contributed by atoms with Crippen molar-refractivity contribution in [3.8, 4) is 0 Å². The Hall–Kier alpha value is -0.150. The summed E-state index contributed by atoms with van der Waals surface area (Å²) in [5.74, 6) is 1.22. The van der Waals surface area contributed by atoms with Gasteiger partial charge in [-0.25, -0.2) is 0 Å². The summed E-state index contributed by atoms with van der Waals surface area (Å²) >= 11 is 5.40. The molecule has 0 saturated heterocycles. The van der Waals surface area contributed by atoms with Crippen LogP contribution in [0, 0.1) is 0 Å². The lowest BCUT2D eigenvalue weighted by molar-refractivity contribution is 0.999. The molecule has 1 heterocycles. The normalized spacial score (nSPS) is 16.1. The van der Waals surface area contributed by atoms with Crippen molar-refractivity contribution in [1.82, 2.24) is 0 Å². The van der Waals surface area contributed by atoms with E-state index in [2.05, 4.69) is 39.4 Å². The van der Waals surface area contributed by atoms with Crippen LogP contribution in [0.15, 0.2) is 27.6 Å². The van der Waals surface area contributed by atoms with Crippen LogP contribution in [-0.4, -0.2) is 12.3 Å². The van der Waals surface area contributed by atoms with E-state index in [0.29, 0.717) is 0 Å². The smallest absolute Gasteiger partial charge is 0.0489 e. The average Bonchev–Trinajstić information content (AvgIpc) is 2.28. The summed E-state index contributed by atoms with van der Waals surface area (Å²) in [7, 11) is 0. The molecule has 0 bridgehead atoms. The first-order chi connectivity index (χ1) is 5.86. The molecular formula is C9H10BrNS. The molecular weight excluding hydrogens is 234 g/mol. The van der Waals surface area contributed by atoms with E-state index in [-0.39, 0.29) is 0 Å². The van der Waals surface area contributed by atoms with Crippen molar-refractivity contribution in [1.29, 1.82) is 0 Å². The second-order valence-corrected chi connectivity index (χ2v) is 4.82. The number of fused-ring (bicyclic) bond motifs is 1. The Morgan fingerprint density at radius 2 is 2.33 bits per heavy atom. The van der Waals surface area contributed by atoms with Crippen molar-refractivity contribution < 1.29 is 0 Å². The Labute approximate surface area is 85.1 Å². The molecule has 1 aromatic rings. The van der Waals surface area contributed by atoms with Gasteiger partial charge in [-0.15, -0.1) is 11.8 Å². The maximum atomic E-state index is 3.47. The predicted octanol–water partition coefficient (Wildman–Crippen LogP) is 3.36. The zero-order valence-electron chi connectivity index (χ0n) is 6.64. The van der Waals surface area contributed by atoms with Gasteiger partial charge < -0.3 is 5.32 Å². The van der Waals surface area contributed by atoms with E-state index >= 15 is 0 Å². The van der Waals surface area contributed by atoms with Crippen LogP contribution < -0.4 is 5.32 Å². The molecule has 0 aliphatic carbocycles. The van der Waals surface area contributed by atoms with Gasteiger partial charge in [-0.3, -0.25) is 0 Å². The van der Waals surface area contributed by atoms with E-state index in [9.17, 15) is 0 Å². The van der Waals surface area contributed by atoms with Gasteiger partial charge in [0.05, 0.1) is 0 Å². The van der Waals surface area contributed by atoms with E-state index in [1.807, 2.05) is 11.8 Å². The average molecular weight is 244 g/mol. The summed E-state index contributed by atoms with van der Waals surface area (Å²) in [6, 6.07) is 6.41. The standard InChI is InChI=1S/C9H10BrNS/c10-7-2-3-9-8(6-7)11-4-1-5-12-9/h2-3,6,11H,1,4-5H2. The highest BCUT2D eigenvalue weighted by atomic mass is 79.9. The van der Waals surface area contributed by atoms with Crippen LogP contribution >= 0.6 is 27.7 Å². The number of rotatable bonds is 0. The van der Waals surface area contributed by atoms with E-state index in [1.165, 1.54) is 22.8 Å². The summed E-state index contributed by atoms with van der Waals surface area (Å²) in [5, 5.41) is 3.42. The van der Waals surface area contributed by atoms with Crippen LogP contribution in [0.5, 0.6) is 0 Å². The number of halogens is 1. The van der Waals surface area contributed by atoms with Crippen LogP contribution in [0.3, 0.4) is 0 Å². The van der Waals surface area contributed by atoms with E-state index in [1.54, 1.807) is 0 Å². The van der Waals surface area contributed by atoms with Crippen molar-refractivity contribution in [2.45, 2.75) is 11.3 Å². The monoisotopic (exact) mass is 243 g/mol. The molecule has 3 heteroatoms. The van der Waals surface area contributed by atoms with E-state index in [4.69, 9.17) is 0 Å². The minimum absolute atomic E-state index is 1.09. The molecule has 0 fully saturated rings. The molecule has 0 spiro atoms. The van der Waals surface area contributed by atoms with Gasteiger partial charge in [0.2, 0.25) is 0 Å². The van der Waals surface area contributed by atoms with Crippen LogP contribution in [0.4, 0.5) is 5.69 Å². The zero-order valence-corrected chi connectivity index (χ0v) is 9.04. The topological polar surface area (TPSA) is 12.0 Å². The van der Waals surface area contributed by atoms with Gasteiger partial charge >= 0.3 is 0 Å². The molecule has 1 N–H and O–H groups in total. The first-order valence-corrected chi connectivity index (χ1v) is 5.80. The van der Waals surface area contributed by atoms with Gasteiger partial charge in [-0.05, 0) is 30.4 Å². The van der Waals surface area contributed by atoms with Crippen LogP contribution in [0.1, 0.15) is 6.42 Å². The molecule has 64 valence electrons. The number of hydrogen-bond donors (Lipinski definition) is 1. The summed E-state index contributed by atoms with van der Waals surface area (Å²) in [4.78, 5) is 1.37. The molecule has 1 aromatic carbocycles. The van der Waals surface area contributed by atoms with Crippen molar-refractivity contribution in [3.05, 3.63) is 22.7 Å². The van der Waals surface area contributed by atoms with Gasteiger partial charge in [-0.2, -0.15) is 0 Å².